The maximum absolute atomic E-state index is 11.1. The van der Waals surface area contributed by atoms with Gasteiger partial charge in [-0.25, -0.2) is 0 Å². The molecule has 0 aliphatic rings. The van der Waals surface area contributed by atoms with E-state index in [1.165, 1.54) is 11.8 Å². The Morgan fingerprint density at radius 1 is 1.53 bits per heavy atom. The molecule has 0 amide bonds. The van der Waals surface area contributed by atoms with Gasteiger partial charge in [-0.15, -0.1) is 11.3 Å². The molecule has 1 rings (SSSR count). The Labute approximate surface area is 105 Å². The first kappa shape index (κ1) is 13.9. The van der Waals surface area contributed by atoms with Gasteiger partial charge in [-0.05, 0) is 38.4 Å². The number of rotatable bonds is 7. The lowest BCUT2D eigenvalue weighted by molar-refractivity contribution is -0.146. The SMILES string of the molecule is CC(=O)C(CCN(C)Cc1cccs1)C(=O)O. The second kappa shape index (κ2) is 6.51. The summed E-state index contributed by atoms with van der Waals surface area (Å²) >= 11 is 1.67. The molecule has 0 spiro atoms. The summed E-state index contributed by atoms with van der Waals surface area (Å²) in [5.74, 6) is -2.18. The topological polar surface area (TPSA) is 57.6 Å². The number of hydrogen-bond donors (Lipinski definition) is 1. The van der Waals surface area contributed by atoms with Crippen LogP contribution in [0.2, 0.25) is 0 Å². The summed E-state index contributed by atoms with van der Waals surface area (Å²) < 4.78 is 0. The third-order valence-corrected chi connectivity index (χ3v) is 3.46. The van der Waals surface area contributed by atoms with E-state index in [-0.39, 0.29) is 5.78 Å². The number of aliphatic carboxylic acids is 1. The van der Waals surface area contributed by atoms with E-state index < -0.39 is 11.9 Å². The smallest absolute Gasteiger partial charge is 0.314 e. The Kier molecular flexibility index (Phi) is 5.31. The first-order valence-corrected chi connectivity index (χ1v) is 6.33. The normalized spacial score (nSPS) is 12.6. The largest absolute Gasteiger partial charge is 0.481 e. The highest BCUT2D eigenvalue weighted by Crippen LogP contribution is 2.12. The number of ketones is 1. The molecule has 0 saturated carbocycles. The molecule has 94 valence electrons. The predicted octanol–water partition coefficient (Wildman–Crippen LogP) is 1.86. The van der Waals surface area contributed by atoms with Crippen LogP contribution in [0.4, 0.5) is 0 Å². The lowest BCUT2D eigenvalue weighted by atomic mass is 10.0. The summed E-state index contributed by atoms with van der Waals surface area (Å²) in [6.45, 7) is 2.73. The lowest BCUT2D eigenvalue weighted by Crippen LogP contribution is -2.27. The van der Waals surface area contributed by atoms with E-state index >= 15 is 0 Å². The van der Waals surface area contributed by atoms with Crippen molar-refractivity contribution >= 4 is 23.1 Å². The Morgan fingerprint density at radius 3 is 2.71 bits per heavy atom. The number of carbonyl (C=O) groups excluding carboxylic acids is 1. The third-order valence-electron chi connectivity index (χ3n) is 2.59. The monoisotopic (exact) mass is 255 g/mol. The molecule has 0 bridgehead atoms. The van der Waals surface area contributed by atoms with E-state index in [4.69, 9.17) is 5.11 Å². The fraction of sp³-hybridized carbons (Fsp3) is 0.500. The zero-order chi connectivity index (χ0) is 12.8. The van der Waals surface area contributed by atoms with Gasteiger partial charge in [-0.1, -0.05) is 6.07 Å². The van der Waals surface area contributed by atoms with Crippen molar-refractivity contribution in [3.05, 3.63) is 22.4 Å². The van der Waals surface area contributed by atoms with Crippen molar-refractivity contribution in [2.45, 2.75) is 19.9 Å². The molecule has 1 aromatic heterocycles. The molecule has 0 aromatic carbocycles. The van der Waals surface area contributed by atoms with Gasteiger partial charge >= 0.3 is 5.97 Å². The van der Waals surface area contributed by atoms with E-state index in [1.807, 2.05) is 29.5 Å². The van der Waals surface area contributed by atoms with Gasteiger partial charge in [-0.3, -0.25) is 9.59 Å². The predicted molar refractivity (Wildman–Crippen MR) is 67.1 cm³/mol. The molecule has 5 heteroatoms. The number of nitrogens with zero attached hydrogens (tertiary/aromatic N) is 1. The van der Waals surface area contributed by atoms with Crippen LogP contribution in [0.25, 0.3) is 0 Å². The second-order valence-corrected chi connectivity index (χ2v) is 5.14. The zero-order valence-electron chi connectivity index (χ0n) is 10.0. The van der Waals surface area contributed by atoms with E-state index in [2.05, 4.69) is 0 Å². The Hall–Kier alpha value is -1.20. The summed E-state index contributed by atoms with van der Waals surface area (Å²) in [6.07, 6.45) is 0.368. The maximum Gasteiger partial charge on any atom is 0.314 e. The molecule has 1 heterocycles. The quantitative estimate of drug-likeness (QED) is 0.756. The van der Waals surface area contributed by atoms with Crippen LogP contribution in [0.3, 0.4) is 0 Å². The maximum atomic E-state index is 11.1. The highest BCUT2D eigenvalue weighted by molar-refractivity contribution is 7.09. The second-order valence-electron chi connectivity index (χ2n) is 4.11. The number of hydrogen-bond acceptors (Lipinski definition) is 4. The first-order valence-electron chi connectivity index (χ1n) is 5.45. The van der Waals surface area contributed by atoms with Crippen molar-refractivity contribution < 1.29 is 14.7 Å². The Morgan fingerprint density at radius 2 is 2.24 bits per heavy atom. The van der Waals surface area contributed by atoms with Crippen molar-refractivity contribution in [3.8, 4) is 0 Å². The fourth-order valence-electron chi connectivity index (χ4n) is 1.60. The standard InChI is InChI=1S/C12H17NO3S/c1-9(14)11(12(15)16)5-6-13(2)8-10-4-3-7-17-10/h3-4,7,11H,5-6,8H2,1-2H3,(H,15,16). The summed E-state index contributed by atoms with van der Waals surface area (Å²) in [4.78, 5) is 25.2. The number of carboxylic acids is 1. The minimum absolute atomic E-state index is 0.276. The van der Waals surface area contributed by atoms with Crippen LogP contribution >= 0.6 is 11.3 Å². The average Bonchev–Trinajstić information content (AvgIpc) is 2.69. The molecule has 1 atom stereocenters. The number of Topliss-reactive ketones (excluding diaryl/α,β-unsaturated/α-hetero) is 1. The Bertz CT molecular complexity index is 361. The number of carboxylic acid groups (broad SMARTS) is 1. The molecule has 0 aliphatic heterocycles. The number of carbonyl (C=O) groups is 2. The summed E-state index contributed by atoms with van der Waals surface area (Å²) in [7, 11) is 1.93. The van der Waals surface area contributed by atoms with Crippen LogP contribution < -0.4 is 0 Å². The van der Waals surface area contributed by atoms with Crippen LogP contribution in [0.1, 0.15) is 18.2 Å². The van der Waals surface area contributed by atoms with Crippen LogP contribution in [0, 0.1) is 5.92 Å². The molecule has 1 aromatic rings. The molecule has 4 nitrogen and oxygen atoms in total. The van der Waals surface area contributed by atoms with E-state index in [0.29, 0.717) is 13.0 Å². The molecule has 17 heavy (non-hydrogen) atoms. The molecule has 1 unspecified atom stereocenters. The Balaban J connectivity index is 2.38. The molecule has 0 radical (unpaired) electrons. The van der Waals surface area contributed by atoms with Gasteiger partial charge in [0, 0.05) is 11.4 Å². The molecular weight excluding hydrogens is 238 g/mol. The molecular formula is C12H17NO3S. The van der Waals surface area contributed by atoms with Crippen molar-refractivity contribution in [3.63, 3.8) is 0 Å². The van der Waals surface area contributed by atoms with E-state index in [0.717, 1.165) is 6.54 Å². The van der Waals surface area contributed by atoms with Crippen LogP contribution in [0.15, 0.2) is 17.5 Å². The van der Waals surface area contributed by atoms with Crippen LogP contribution in [-0.4, -0.2) is 35.4 Å². The van der Waals surface area contributed by atoms with Gasteiger partial charge in [0.1, 0.15) is 11.7 Å². The first-order chi connectivity index (χ1) is 8.00. The van der Waals surface area contributed by atoms with Crippen molar-refractivity contribution in [2.75, 3.05) is 13.6 Å². The van der Waals surface area contributed by atoms with Crippen LogP contribution in [-0.2, 0) is 16.1 Å². The average molecular weight is 255 g/mol. The molecule has 1 N–H and O–H groups in total. The number of thiophene rings is 1. The van der Waals surface area contributed by atoms with Gasteiger partial charge < -0.3 is 10.0 Å². The third kappa shape index (κ3) is 4.66. The van der Waals surface area contributed by atoms with Crippen molar-refractivity contribution in [2.24, 2.45) is 5.92 Å². The summed E-state index contributed by atoms with van der Waals surface area (Å²) in [6, 6.07) is 4.03. The minimum atomic E-state index is -1.03. The van der Waals surface area contributed by atoms with Crippen LogP contribution in [0.5, 0.6) is 0 Å². The minimum Gasteiger partial charge on any atom is -0.481 e. The van der Waals surface area contributed by atoms with Gasteiger partial charge in [0.05, 0.1) is 0 Å². The molecule has 0 aliphatic carbocycles. The van der Waals surface area contributed by atoms with E-state index in [1.54, 1.807) is 11.3 Å². The van der Waals surface area contributed by atoms with E-state index in [9.17, 15) is 9.59 Å². The highest BCUT2D eigenvalue weighted by Gasteiger charge is 2.22. The van der Waals surface area contributed by atoms with Gasteiger partial charge in [0.25, 0.3) is 0 Å². The molecule has 0 fully saturated rings. The van der Waals surface area contributed by atoms with Crippen molar-refractivity contribution in [1.29, 1.82) is 0 Å². The molecule has 0 saturated heterocycles. The van der Waals surface area contributed by atoms with Gasteiger partial charge in [-0.2, -0.15) is 0 Å². The highest BCUT2D eigenvalue weighted by atomic mass is 32.1. The lowest BCUT2D eigenvalue weighted by Gasteiger charge is -2.17. The van der Waals surface area contributed by atoms with Gasteiger partial charge in [0.15, 0.2) is 0 Å². The summed E-state index contributed by atoms with van der Waals surface area (Å²) in [5.41, 5.74) is 0. The fourth-order valence-corrected chi connectivity index (χ4v) is 2.38. The van der Waals surface area contributed by atoms with Crippen molar-refractivity contribution in [1.82, 2.24) is 4.90 Å². The zero-order valence-corrected chi connectivity index (χ0v) is 10.9. The van der Waals surface area contributed by atoms with Gasteiger partial charge in [0.2, 0.25) is 0 Å². The summed E-state index contributed by atoms with van der Waals surface area (Å²) in [5, 5.41) is 10.9.